The molecule has 106 valence electrons. The number of benzene rings is 2. The molecule has 0 radical (unpaired) electrons. The molecule has 2 rings (SSSR count). The average molecular weight is 294 g/mol. The van der Waals surface area contributed by atoms with E-state index in [0.29, 0.717) is 5.56 Å². The zero-order chi connectivity index (χ0) is 14.9. The van der Waals surface area contributed by atoms with Gasteiger partial charge in [-0.15, -0.1) is 0 Å². The maximum Gasteiger partial charge on any atom is 0.339 e. The van der Waals surface area contributed by atoms with Gasteiger partial charge in [0.25, 0.3) is 0 Å². The van der Waals surface area contributed by atoms with E-state index in [9.17, 15) is 12.8 Å². The van der Waals surface area contributed by atoms with Crippen LogP contribution in [-0.4, -0.2) is 8.42 Å². The van der Waals surface area contributed by atoms with Crippen molar-refractivity contribution in [2.75, 3.05) is 0 Å². The van der Waals surface area contributed by atoms with Crippen molar-refractivity contribution in [1.29, 1.82) is 0 Å². The van der Waals surface area contributed by atoms with Crippen molar-refractivity contribution < 1.29 is 17.0 Å². The summed E-state index contributed by atoms with van der Waals surface area (Å²) in [6, 6.07) is 8.68. The average Bonchev–Trinajstić information content (AvgIpc) is 2.25. The van der Waals surface area contributed by atoms with Crippen LogP contribution in [0.15, 0.2) is 41.3 Å². The molecule has 0 saturated carbocycles. The van der Waals surface area contributed by atoms with Crippen molar-refractivity contribution in [1.82, 2.24) is 0 Å². The zero-order valence-corrected chi connectivity index (χ0v) is 12.3. The molecule has 0 N–H and O–H groups in total. The Balaban J connectivity index is 2.40. The van der Waals surface area contributed by atoms with Gasteiger partial charge in [-0.25, -0.2) is 4.39 Å². The first-order valence-corrected chi connectivity index (χ1v) is 7.48. The van der Waals surface area contributed by atoms with E-state index in [4.69, 9.17) is 4.18 Å². The first kappa shape index (κ1) is 14.5. The second-order valence-corrected chi connectivity index (χ2v) is 6.29. The Labute approximate surface area is 118 Å². The van der Waals surface area contributed by atoms with E-state index in [-0.39, 0.29) is 10.6 Å². The van der Waals surface area contributed by atoms with Crippen LogP contribution < -0.4 is 4.18 Å². The van der Waals surface area contributed by atoms with Gasteiger partial charge in [-0.05, 0) is 67.8 Å². The normalized spacial score (nSPS) is 11.4. The van der Waals surface area contributed by atoms with Gasteiger partial charge in [0.2, 0.25) is 0 Å². The summed E-state index contributed by atoms with van der Waals surface area (Å²) in [7, 11) is -3.96. The first-order chi connectivity index (χ1) is 9.28. The molecule has 2 aromatic rings. The van der Waals surface area contributed by atoms with E-state index in [1.165, 1.54) is 13.0 Å². The molecule has 0 fully saturated rings. The summed E-state index contributed by atoms with van der Waals surface area (Å²) in [6.45, 7) is 5.24. The number of aryl methyl sites for hydroxylation is 3. The highest BCUT2D eigenvalue weighted by Crippen LogP contribution is 2.23. The van der Waals surface area contributed by atoms with Crippen LogP contribution in [0.2, 0.25) is 0 Å². The predicted octanol–water partition coefficient (Wildman–Crippen LogP) is 3.52. The third-order valence-electron chi connectivity index (χ3n) is 2.81. The summed E-state index contributed by atoms with van der Waals surface area (Å²) in [5, 5.41) is 0. The first-order valence-electron chi connectivity index (χ1n) is 6.07. The van der Waals surface area contributed by atoms with Crippen molar-refractivity contribution in [2.24, 2.45) is 0 Å². The van der Waals surface area contributed by atoms with Crippen LogP contribution >= 0.6 is 0 Å². The largest absolute Gasteiger partial charge is 0.379 e. The summed E-state index contributed by atoms with van der Waals surface area (Å²) in [5.41, 5.74) is 2.13. The Hall–Kier alpha value is -1.88. The Bertz CT molecular complexity index is 731. The zero-order valence-electron chi connectivity index (χ0n) is 11.5. The summed E-state index contributed by atoms with van der Waals surface area (Å²) in [5.74, 6) is -0.223. The molecule has 0 atom stereocenters. The minimum Gasteiger partial charge on any atom is -0.379 e. The molecular formula is C15H15FO3S. The monoisotopic (exact) mass is 294 g/mol. The Kier molecular flexibility index (Phi) is 3.81. The fourth-order valence-corrected chi connectivity index (χ4v) is 3.17. The molecule has 0 unspecified atom stereocenters. The van der Waals surface area contributed by atoms with Gasteiger partial charge in [0.05, 0.1) is 0 Å². The predicted molar refractivity (Wildman–Crippen MR) is 74.9 cm³/mol. The number of hydrogen-bond donors (Lipinski definition) is 0. The number of rotatable bonds is 3. The molecule has 0 amide bonds. The fraction of sp³-hybridized carbons (Fsp3) is 0.200. The maximum atomic E-state index is 13.0. The van der Waals surface area contributed by atoms with Gasteiger partial charge in [-0.3, -0.25) is 0 Å². The van der Waals surface area contributed by atoms with Crippen LogP contribution in [0.5, 0.6) is 5.75 Å². The molecule has 3 nitrogen and oxygen atoms in total. The third kappa shape index (κ3) is 3.17. The van der Waals surface area contributed by atoms with E-state index < -0.39 is 15.9 Å². The van der Waals surface area contributed by atoms with Crippen LogP contribution in [0, 0.1) is 26.6 Å². The molecule has 5 heteroatoms. The molecule has 2 aromatic carbocycles. The van der Waals surface area contributed by atoms with Crippen LogP contribution in [0.4, 0.5) is 4.39 Å². The number of halogens is 1. The highest BCUT2D eigenvalue weighted by atomic mass is 32.2. The summed E-state index contributed by atoms with van der Waals surface area (Å²) in [6.07, 6.45) is 0. The van der Waals surface area contributed by atoms with Crippen molar-refractivity contribution >= 4 is 10.1 Å². The molecule has 20 heavy (non-hydrogen) atoms. The molecule has 0 spiro atoms. The van der Waals surface area contributed by atoms with E-state index in [1.807, 2.05) is 19.9 Å². The molecule has 0 aromatic heterocycles. The standard InChI is InChI=1S/C15H15FO3S/c1-10-6-11(2)8-14(7-10)19-20(17,18)15-5-4-13(16)9-12(15)3/h4-9H,1-3H3. The highest BCUT2D eigenvalue weighted by Gasteiger charge is 2.19. The lowest BCUT2D eigenvalue weighted by molar-refractivity contribution is 0.485. The summed E-state index contributed by atoms with van der Waals surface area (Å²) < 4.78 is 42.6. The second kappa shape index (κ2) is 5.25. The van der Waals surface area contributed by atoms with Gasteiger partial charge in [-0.2, -0.15) is 8.42 Å². The molecule has 0 heterocycles. The lowest BCUT2D eigenvalue weighted by Gasteiger charge is -2.10. The minimum absolute atomic E-state index is 0.0296. The second-order valence-electron chi connectivity index (χ2n) is 4.77. The lowest BCUT2D eigenvalue weighted by Crippen LogP contribution is -2.11. The van der Waals surface area contributed by atoms with Crippen LogP contribution in [0.3, 0.4) is 0 Å². The molecule has 0 aliphatic heterocycles. The van der Waals surface area contributed by atoms with E-state index in [0.717, 1.165) is 23.3 Å². The van der Waals surface area contributed by atoms with E-state index in [2.05, 4.69) is 0 Å². The van der Waals surface area contributed by atoms with Gasteiger partial charge in [-0.1, -0.05) is 6.07 Å². The van der Waals surface area contributed by atoms with Gasteiger partial charge in [0.1, 0.15) is 16.5 Å². The van der Waals surface area contributed by atoms with Gasteiger partial charge in [0, 0.05) is 0 Å². The molecule has 0 aliphatic rings. The van der Waals surface area contributed by atoms with Gasteiger partial charge >= 0.3 is 10.1 Å². The molecular weight excluding hydrogens is 279 g/mol. The third-order valence-corrected chi connectivity index (χ3v) is 4.22. The minimum atomic E-state index is -3.96. The Morgan fingerprint density at radius 1 is 0.950 bits per heavy atom. The van der Waals surface area contributed by atoms with Crippen molar-refractivity contribution in [3.63, 3.8) is 0 Å². The van der Waals surface area contributed by atoms with Crippen LogP contribution in [0.25, 0.3) is 0 Å². The smallest absolute Gasteiger partial charge is 0.339 e. The van der Waals surface area contributed by atoms with Crippen molar-refractivity contribution in [3.05, 3.63) is 58.9 Å². The van der Waals surface area contributed by atoms with Gasteiger partial charge < -0.3 is 4.18 Å². The molecule has 0 aliphatic carbocycles. The van der Waals surface area contributed by atoms with Crippen molar-refractivity contribution in [3.8, 4) is 5.75 Å². The maximum absolute atomic E-state index is 13.0. The lowest BCUT2D eigenvalue weighted by atomic mass is 10.1. The quantitative estimate of drug-likeness (QED) is 0.813. The van der Waals surface area contributed by atoms with Gasteiger partial charge in [0.15, 0.2) is 0 Å². The van der Waals surface area contributed by atoms with Crippen LogP contribution in [-0.2, 0) is 10.1 Å². The topological polar surface area (TPSA) is 43.4 Å². The number of hydrogen-bond acceptors (Lipinski definition) is 3. The van der Waals surface area contributed by atoms with E-state index >= 15 is 0 Å². The summed E-state index contributed by atoms with van der Waals surface area (Å²) >= 11 is 0. The highest BCUT2D eigenvalue weighted by molar-refractivity contribution is 7.87. The van der Waals surface area contributed by atoms with E-state index in [1.54, 1.807) is 12.1 Å². The molecule has 0 saturated heterocycles. The fourth-order valence-electron chi connectivity index (χ4n) is 2.05. The Morgan fingerprint density at radius 3 is 2.10 bits per heavy atom. The summed E-state index contributed by atoms with van der Waals surface area (Å²) in [4.78, 5) is -0.0296. The van der Waals surface area contributed by atoms with Crippen molar-refractivity contribution in [2.45, 2.75) is 25.7 Å². The SMILES string of the molecule is Cc1cc(C)cc(OS(=O)(=O)c2ccc(F)cc2C)c1. The Morgan fingerprint density at radius 2 is 1.55 bits per heavy atom. The molecule has 0 bridgehead atoms. The van der Waals surface area contributed by atoms with Crippen LogP contribution in [0.1, 0.15) is 16.7 Å².